The maximum Gasteiger partial charge on any atom is 0.0304 e. The highest BCUT2D eigenvalue weighted by molar-refractivity contribution is 5.21. The van der Waals surface area contributed by atoms with Gasteiger partial charge in [0.15, 0.2) is 0 Å². The highest BCUT2D eigenvalue weighted by atomic mass is 15.2. The van der Waals surface area contributed by atoms with Gasteiger partial charge in [0.2, 0.25) is 0 Å². The maximum absolute atomic E-state index is 5.71. The lowest BCUT2D eigenvalue weighted by atomic mass is 9.82. The minimum Gasteiger partial charge on any atom is -0.271 e. The van der Waals surface area contributed by atoms with Crippen LogP contribution in [0.2, 0.25) is 0 Å². The summed E-state index contributed by atoms with van der Waals surface area (Å²) in [4.78, 5) is 0. The first-order chi connectivity index (χ1) is 7.74. The Kier molecular flexibility index (Phi) is 5.50. The zero-order valence-electron chi connectivity index (χ0n) is 10.6. The van der Waals surface area contributed by atoms with Gasteiger partial charge in [-0.25, -0.2) is 0 Å². The molecule has 3 N–H and O–H groups in total. The molecule has 90 valence electrons. The summed E-state index contributed by atoms with van der Waals surface area (Å²) in [5, 5.41) is 0. The normalized spacial score (nSPS) is 16.8. The molecule has 1 aromatic carbocycles. The first kappa shape index (κ1) is 13.2. The van der Waals surface area contributed by atoms with Crippen LogP contribution in [0.3, 0.4) is 0 Å². The number of hydrogen-bond acceptors (Lipinski definition) is 2. The minimum absolute atomic E-state index is 0.359. The number of hydrazine groups is 1. The molecule has 0 fully saturated rings. The molecular formula is C14H24N2. The summed E-state index contributed by atoms with van der Waals surface area (Å²) in [5.74, 6) is 6.81. The van der Waals surface area contributed by atoms with Gasteiger partial charge in [-0.1, -0.05) is 57.5 Å². The Hall–Kier alpha value is -0.860. The van der Waals surface area contributed by atoms with Crippen LogP contribution in [-0.2, 0) is 0 Å². The minimum atomic E-state index is 0.359. The molecule has 3 unspecified atom stereocenters. The van der Waals surface area contributed by atoms with Gasteiger partial charge < -0.3 is 0 Å². The van der Waals surface area contributed by atoms with Crippen LogP contribution < -0.4 is 11.3 Å². The molecular weight excluding hydrogens is 196 g/mol. The number of nitrogens with one attached hydrogen (secondary N) is 1. The summed E-state index contributed by atoms with van der Waals surface area (Å²) < 4.78 is 0. The molecule has 2 heteroatoms. The van der Waals surface area contributed by atoms with Crippen LogP contribution in [0.5, 0.6) is 0 Å². The van der Waals surface area contributed by atoms with Crippen molar-refractivity contribution < 1.29 is 0 Å². The first-order valence-electron chi connectivity index (χ1n) is 6.25. The van der Waals surface area contributed by atoms with Crippen molar-refractivity contribution in [3.63, 3.8) is 0 Å². The predicted molar refractivity (Wildman–Crippen MR) is 70.0 cm³/mol. The van der Waals surface area contributed by atoms with Crippen LogP contribution in [0.1, 0.15) is 45.1 Å². The fourth-order valence-corrected chi connectivity index (χ4v) is 2.33. The molecule has 0 amide bonds. The molecule has 0 spiro atoms. The standard InChI is InChI=1S/C14H24N2/c1-4-11(3)14(16-15)13(5-2)12-9-7-6-8-10-12/h6-11,13-14,16H,4-5,15H2,1-3H3. The monoisotopic (exact) mass is 220 g/mol. The van der Waals surface area contributed by atoms with Crippen LogP contribution >= 0.6 is 0 Å². The Morgan fingerprint density at radius 2 is 1.75 bits per heavy atom. The molecule has 0 saturated carbocycles. The molecule has 0 aromatic heterocycles. The summed E-state index contributed by atoms with van der Waals surface area (Å²) in [6.45, 7) is 6.70. The molecule has 0 heterocycles. The van der Waals surface area contributed by atoms with E-state index in [1.54, 1.807) is 0 Å². The molecule has 16 heavy (non-hydrogen) atoms. The summed E-state index contributed by atoms with van der Waals surface area (Å²) >= 11 is 0. The quantitative estimate of drug-likeness (QED) is 0.571. The van der Waals surface area contributed by atoms with Gasteiger partial charge in [0, 0.05) is 12.0 Å². The van der Waals surface area contributed by atoms with E-state index in [4.69, 9.17) is 5.84 Å². The molecule has 0 aliphatic carbocycles. The van der Waals surface area contributed by atoms with Crippen molar-refractivity contribution in [2.45, 2.75) is 45.6 Å². The van der Waals surface area contributed by atoms with E-state index >= 15 is 0 Å². The SMILES string of the molecule is CCC(C)C(NN)C(CC)c1ccccc1. The smallest absolute Gasteiger partial charge is 0.0304 e. The predicted octanol–water partition coefficient (Wildman–Crippen LogP) is 3.06. The average Bonchev–Trinajstić information content (AvgIpc) is 2.36. The Bertz CT molecular complexity index is 284. The van der Waals surface area contributed by atoms with Crippen LogP contribution in [0, 0.1) is 5.92 Å². The van der Waals surface area contributed by atoms with Gasteiger partial charge in [-0.2, -0.15) is 0 Å². The Labute approximate surface area is 99.2 Å². The van der Waals surface area contributed by atoms with E-state index in [0.717, 1.165) is 12.8 Å². The van der Waals surface area contributed by atoms with E-state index in [1.165, 1.54) is 5.56 Å². The van der Waals surface area contributed by atoms with E-state index in [2.05, 4.69) is 56.5 Å². The summed E-state index contributed by atoms with van der Waals surface area (Å²) in [5.41, 5.74) is 4.38. The molecule has 2 nitrogen and oxygen atoms in total. The van der Waals surface area contributed by atoms with Crippen molar-refractivity contribution in [3.8, 4) is 0 Å². The first-order valence-corrected chi connectivity index (χ1v) is 6.25. The second-order valence-electron chi connectivity index (χ2n) is 4.50. The third-order valence-electron chi connectivity index (χ3n) is 3.55. The van der Waals surface area contributed by atoms with E-state index in [0.29, 0.717) is 17.9 Å². The molecule has 1 rings (SSSR count). The van der Waals surface area contributed by atoms with Crippen LogP contribution in [0.4, 0.5) is 0 Å². The van der Waals surface area contributed by atoms with Crippen molar-refractivity contribution in [2.24, 2.45) is 11.8 Å². The Balaban J connectivity index is 2.87. The fraction of sp³-hybridized carbons (Fsp3) is 0.571. The van der Waals surface area contributed by atoms with E-state index in [1.807, 2.05) is 0 Å². The highest BCUT2D eigenvalue weighted by Gasteiger charge is 2.24. The Morgan fingerprint density at radius 1 is 1.12 bits per heavy atom. The number of hydrogen-bond donors (Lipinski definition) is 2. The molecule has 0 bridgehead atoms. The average molecular weight is 220 g/mol. The Morgan fingerprint density at radius 3 is 2.19 bits per heavy atom. The summed E-state index contributed by atoms with van der Waals surface area (Å²) in [7, 11) is 0. The second kappa shape index (κ2) is 6.66. The second-order valence-corrected chi connectivity index (χ2v) is 4.50. The van der Waals surface area contributed by atoms with Crippen LogP contribution in [0.25, 0.3) is 0 Å². The lowest BCUT2D eigenvalue weighted by molar-refractivity contribution is 0.314. The van der Waals surface area contributed by atoms with Crippen LogP contribution in [0.15, 0.2) is 30.3 Å². The van der Waals surface area contributed by atoms with Gasteiger partial charge >= 0.3 is 0 Å². The molecule has 0 aliphatic rings. The lowest BCUT2D eigenvalue weighted by Gasteiger charge is -2.30. The van der Waals surface area contributed by atoms with E-state index in [-0.39, 0.29) is 0 Å². The van der Waals surface area contributed by atoms with Crippen LogP contribution in [-0.4, -0.2) is 6.04 Å². The number of rotatable bonds is 6. The third-order valence-corrected chi connectivity index (χ3v) is 3.55. The van der Waals surface area contributed by atoms with E-state index < -0.39 is 0 Å². The van der Waals surface area contributed by atoms with Crippen molar-refractivity contribution in [1.82, 2.24) is 5.43 Å². The topological polar surface area (TPSA) is 38.0 Å². The number of nitrogens with two attached hydrogens (primary N) is 1. The van der Waals surface area contributed by atoms with Crippen molar-refractivity contribution >= 4 is 0 Å². The number of benzene rings is 1. The molecule has 0 aliphatic heterocycles. The van der Waals surface area contributed by atoms with E-state index in [9.17, 15) is 0 Å². The largest absolute Gasteiger partial charge is 0.271 e. The zero-order valence-corrected chi connectivity index (χ0v) is 10.6. The molecule has 0 radical (unpaired) electrons. The van der Waals surface area contributed by atoms with Crippen molar-refractivity contribution in [1.29, 1.82) is 0 Å². The third kappa shape index (κ3) is 3.06. The zero-order chi connectivity index (χ0) is 12.0. The molecule has 3 atom stereocenters. The summed E-state index contributed by atoms with van der Waals surface area (Å²) in [6, 6.07) is 11.0. The summed E-state index contributed by atoms with van der Waals surface area (Å²) in [6.07, 6.45) is 2.27. The van der Waals surface area contributed by atoms with Crippen molar-refractivity contribution in [2.75, 3.05) is 0 Å². The van der Waals surface area contributed by atoms with Gasteiger partial charge in [0.1, 0.15) is 0 Å². The van der Waals surface area contributed by atoms with Gasteiger partial charge in [-0.15, -0.1) is 0 Å². The molecule has 1 aromatic rings. The molecule has 0 saturated heterocycles. The maximum atomic E-state index is 5.71. The van der Waals surface area contributed by atoms with Gasteiger partial charge in [-0.3, -0.25) is 11.3 Å². The lowest BCUT2D eigenvalue weighted by Crippen LogP contribution is -2.44. The van der Waals surface area contributed by atoms with Crippen molar-refractivity contribution in [3.05, 3.63) is 35.9 Å². The van der Waals surface area contributed by atoms with Gasteiger partial charge in [0.25, 0.3) is 0 Å². The fourth-order valence-electron chi connectivity index (χ4n) is 2.33. The van der Waals surface area contributed by atoms with Gasteiger partial charge in [0.05, 0.1) is 0 Å². The van der Waals surface area contributed by atoms with Gasteiger partial charge in [-0.05, 0) is 17.9 Å². The highest BCUT2D eigenvalue weighted by Crippen LogP contribution is 2.28.